The molecule has 2 aromatic heterocycles. The van der Waals surface area contributed by atoms with E-state index in [1.165, 1.54) is 6.33 Å². The van der Waals surface area contributed by atoms with Gasteiger partial charge in [0.05, 0.1) is 6.33 Å². The highest BCUT2D eigenvalue weighted by molar-refractivity contribution is 5.82. The number of rotatable bonds is 4. The molecule has 0 aliphatic carbocycles. The lowest BCUT2D eigenvalue weighted by atomic mass is 10.4. The Labute approximate surface area is 87.8 Å². The van der Waals surface area contributed by atoms with Crippen LogP contribution in [0.15, 0.2) is 12.7 Å². The van der Waals surface area contributed by atoms with Crippen molar-refractivity contribution in [2.75, 3.05) is 32.1 Å². The average Bonchev–Trinajstić information content (AvgIpc) is 2.73. The van der Waals surface area contributed by atoms with Crippen LogP contribution in [0.1, 0.15) is 0 Å². The van der Waals surface area contributed by atoms with Gasteiger partial charge in [0.1, 0.15) is 11.8 Å². The van der Waals surface area contributed by atoms with E-state index in [4.69, 9.17) is 0 Å². The Morgan fingerprint density at radius 2 is 2.27 bits per heavy atom. The highest BCUT2D eigenvalue weighted by Crippen LogP contribution is 2.17. The first-order valence-corrected chi connectivity index (χ1v) is 4.82. The molecule has 0 aliphatic heterocycles. The molecule has 0 radical (unpaired) electrons. The molecule has 0 fully saturated rings. The van der Waals surface area contributed by atoms with Gasteiger partial charge in [-0.25, -0.2) is 15.0 Å². The van der Waals surface area contributed by atoms with E-state index < -0.39 is 0 Å². The maximum Gasteiger partial charge on any atom is 0.182 e. The summed E-state index contributed by atoms with van der Waals surface area (Å²) in [5, 5.41) is 3.10. The van der Waals surface area contributed by atoms with E-state index >= 15 is 0 Å². The molecule has 6 nitrogen and oxygen atoms in total. The third kappa shape index (κ3) is 1.89. The van der Waals surface area contributed by atoms with E-state index in [1.807, 2.05) is 14.1 Å². The summed E-state index contributed by atoms with van der Waals surface area (Å²) in [6.45, 7) is 1.80. The van der Waals surface area contributed by atoms with Gasteiger partial charge < -0.3 is 15.2 Å². The van der Waals surface area contributed by atoms with Crippen LogP contribution >= 0.6 is 0 Å². The van der Waals surface area contributed by atoms with Gasteiger partial charge in [0.2, 0.25) is 0 Å². The highest BCUT2D eigenvalue weighted by Gasteiger charge is 2.09. The van der Waals surface area contributed by atoms with Crippen molar-refractivity contribution in [1.29, 1.82) is 0 Å². The lowest BCUT2D eigenvalue weighted by Gasteiger charge is -2.17. The third-order valence-electron chi connectivity index (χ3n) is 2.26. The molecule has 0 spiro atoms. The number of fused-ring (bicyclic) bond motifs is 1. The second-order valence-electron chi connectivity index (χ2n) is 3.32. The van der Waals surface area contributed by atoms with Gasteiger partial charge >= 0.3 is 0 Å². The summed E-state index contributed by atoms with van der Waals surface area (Å²) in [7, 11) is 3.93. The normalized spacial score (nSPS) is 10.8. The summed E-state index contributed by atoms with van der Waals surface area (Å²) in [5.41, 5.74) is 1.59. The maximum atomic E-state index is 4.25. The first-order chi connectivity index (χ1) is 7.33. The quantitative estimate of drug-likeness (QED) is 0.737. The molecular formula is C9H14N6. The number of anilines is 1. The molecule has 2 N–H and O–H groups in total. The van der Waals surface area contributed by atoms with Crippen LogP contribution in [-0.2, 0) is 0 Å². The molecule has 2 heterocycles. The van der Waals surface area contributed by atoms with Crippen LogP contribution < -0.4 is 10.2 Å². The molecule has 0 unspecified atom stereocenters. The Morgan fingerprint density at radius 1 is 1.40 bits per heavy atom. The fourth-order valence-electron chi connectivity index (χ4n) is 1.43. The zero-order valence-electron chi connectivity index (χ0n) is 8.86. The molecule has 2 aromatic rings. The van der Waals surface area contributed by atoms with Gasteiger partial charge in [-0.3, -0.25) is 0 Å². The van der Waals surface area contributed by atoms with Gasteiger partial charge in [-0.1, -0.05) is 0 Å². The molecular weight excluding hydrogens is 192 g/mol. The zero-order valence-corrected chi connectivity index (χ0v) is 8.86. The number of nitrogens with zero attached hydrogens (tertiary/aromatic N) is 4. The monoisotopic (exact) mass is 206 g/mol. The molecule has 0 amide bonds. The second-order valence-corrected chi connectivity index (χ2v) is 3.32. The standard InChI is InChI=1S/C9H14N6/c1-10-3-4-15(2)9-7-8(12-5-11-7)13-6-14-9/h5-6,10H,3-4H2,1-2H3,(H,11,12,13,14). The van der Waals surface area contributed by atoms with Crippen molar-refractivity contribution in [3.05, 3.63) is 12.7 Å². The van der Waals surface area contributed by atoms with Gasteiger partial charge in [0.25, 0.3) is 0 Å². The Morgan fingerprint density at radius 3 is 3.07 bits per heavy atom. The van der Waals surface area contributed by atoms with E-state index in [9.17, 15) is 0 Å². The van der Waals surface area contributed by atoms with Gasteiger partial charge in [0, 0.05) is 20.1 Å². The number of nitrogens with one attached hydrogen (secondary N) is 2. The summed E-state index contributed by atoms with van der Waals surface area (Å²) in [6, 6.07) is 0. The van der Waals surface area contributed by atoms with E-state index in [-0.39, 0.29) is 0 Å². The van der Waals surface area contributed by atoms with Crippen LogP contribution in [0.2, 0.25) is 0 Å². The summed E-state index contributed by atoms with van der Waals surface area (Å²) < 4.78 is 0. The second kappa shape index (κ2) is 4.22. The number of aromatic nitrogens is 4. The SMILES string of the molecule is CNCCN(C)c1ncnc2nc[nH]c12. The number of aromatic amines is 1. The van der Waals surface area contributed by atoms with E-state index in [1.54, 1.807) is 6.33 Å². The Balaban J connectivity index is 2.29. The van der Waals surface area contributed by atoms with Crippen LogP contribution in [0.5, 0.6) is 0 Å². The minimum absolute atomic E-state index is 0.705. The topological polar surface area (TPSA) is 69.7 Å². The fourth-order valence-corrected chi connectivity index (χ4v) is 1.43. The van der Waals surface area contributed by atoms with Crippen molar-refractivity contribution >= 4 is 17.0 Å². The van der Waals surface area contributed by atoms with Crippen LogP contribution in [0, 0.1) is 0 Å². The zero-order chi connectivity index (χ0) is 10.7. The van der Waals surface area contributed by atoms with Crippen molar-refractivity contribution in [2.24, 2.45) is 0 Å². The molecule has 0 atom stereocenters. The highest BCUT2D eigenvalue weighted by atomic mass is 15.2. The Hall–Kier alpha value is -1.69. The Kier molecular flexibility index (Phi) is 2.77. The molecule has 0 aromatic carbocycles. The van der Waals surface area contributed by atoms with Crippen molar-refractivity contribution in [3.63, 3.8) is 0 Å². The number of H-pyrrole nitrogens is 1. The van der Waals surface area contributed by atoms with Gasteiger partial charge in [-0.15, -0.1) is 0 Å². The Bertz CT molecular complexity index is 437. The van der Waals surface area contributed by atoms with Crippen LogP contribution in [-0.4, -0.2) is 47.1 Å². The number of hydrogen-bond donors (Lipinski definition) is 2. The largest absolute Gasteiger partial charge is 0.357 e. The third-order valence-corrected chi connectivity index (χ3v) is 2.26. The molecule has 0 saturated heterocycles. The number of imidazole rings is 1. The molecule has 15 heavy (non-hydrogen) atoms. The molecule has 80 valence electrons. The maximum absolute atomic E-state index is 4.25. The van der Waals surface area contributed by atoms with E-state index in [0.717, 1.165) is 24.4 Å². The van der Waals surface area contributed by atoms with Crippen molar-refractivity contribution in [3.8, 4) is 0 Å². The lowest BCUT2D eigenvalue weighted by Crippen LogP contribution is -2.27. The summed E-state index contributed by atoms with van der Waals surface area (Å²) in [5.74, 6) is 0.882. The van der Waals surface area contributed by atoms with Gasteiger partial charge in [-0.05, 0) is 7.05 Å². The summed E-state index contributed by atoms with van der Waals surface area (Å²) >= 11 is 0. The summed E-state index contributed by atoms with van der Waals surface area (Å²) in [4.78, 5) is 17.5. The van der Waals surface area contributed by atoms with Crippen molar-refractivity contribution in [1.82, 2.24) is 25.3 Å². The minimum Gasteiger partial charge on any atom is -0.357 e. The van der Waals surface area contributed by atoms with E-state index in [0.29, 0.717) is 5.65 Å². The summed E-state index contributed by atoms with van der Waals surface area (Å²) in [6.07, 6.45) is 3.17. The van der Waals surface area contributed by atoms with Gasteiger partial charge in [-0.2, -0.15) is 0 Å². The first-order valence-electron chi connectivity index (χ1n) is 4.82. The minimum atomic E-state index is 0.705. The van der Waals surface area contributed by atoms with E-state index in [2.05, 4.69) is 30.2 Å². The van der Waals surface area contributed by atoms with Crippen LogP contribution in [0.3, 0.4) is 0 Å². The first kappa shape index (κ1) is 9.85. The molecule has 0 aliphatic rings. The molecule has 2 rings (SSSR count). The molecule has 0 bridgehead atoms. The van der Waals surface area contributed by atoms with Crippen molar-refractivity contribution in [2.45, 2.75) is 0 Å². The molecule has 6 heteroatoms. The van der Waals surface area contributed by atoms with Gasteiger partial charge in [0.15, 0.2) is 11.5 Å². The predicted molar refractivity (Wildman–Crippen MR) is 58.9 cm³/mol. The number of hydrogen-bond acceptors (Lipinski definition) is 5. The number of likely N-dealkylation sites (N-methyl/N-ethyl adjacent to an activating group) is 2. The predicted octanol–water partition coefficient (Wildman–Crippen LogP) is 0.00850. The van der Waals surface area contributed by atoms with Crippen LogP contribution in [0.25, 0.3) is 11.2 Å². The average molecular weight is 206 g/mol. The lowest BCUT2D eigenvalue weighted by molar-refractivity contribution is 0.762. The fraction of sp³-hybridized carbons (Fsp3) is 0.444. The van der Waals surface area contributed by atoms with Crippen molar-refractivity contribution < 1.29 is 0 Å². The van der Waals surface area contributed by atoms with Crippen LogP contribution in [0.4, 0.5) is 5.82 Å². The molecule has 0 saturated carbocycles. The smallest absolute Gasteiger partial charge is 0.182 e.